The van der Waals surface area contributed by atoms with E-state index in [1.807, 2.05) is 37.3 Å². The summed E-state index contributed by atoms with van der Waals surface area (Å²) >= 11 is 1.37. The van der Waals surface area contributed by atoms with Crippen LogP contribution in [0.2, 0.25) is 0 Å². The van der Waals surface area contributed by atoms with Gasteiger partial charge in [-0.3, -0.25) is 14.4 Å². The van der Waals surface area contributed by atoms with Gasteiger partial charge in [-0.25, -0.2) is 4.98 Å². The first-order valence-electron chi connectivity index (χ1n) is 9.62. The monoisotopic (exact) mass is 438 g/mol. The number of carbonyl (C=O) groups is 3. The second-order valence-corrected chi connectivity index (χ2v) is 7.85. The van der Waals surface area contributed by atoms with E-state index in [4.69, 9.17) is 9.47 Å². The van der Waals surface area contributed by atoms with Crippen molar-refractivity contribution in [3.05, 3.63) is 65.0 Å². The summed E-state index contributed by atoms with van der Waals surface area (Å²) in [5.74, 6) is -0.651. The third-order valence-corrected chi connectivity index (χ3v) is 5.31. The van der Waals surface area contributed by atoms with Crippen molar-refractivity contribution in [1.82, 2.24) is 4.98 Å². The van der Waals surface area contributed by atoms with E-state index < -0.39 is 5.97 Å². The van der Waals surface area contributed by atoms with Gasteiger partial charge < -0.3 is 14.8 Å². The normalized spacial score (nSPS) is 10.4. The zero-order valence-corrected chi connectivity index (χ0v) is 18.0. The Morgan fingerprint density at radius 3 is 2.39 bits per heavy atom. The van der Waals surface area contributed by atoms with Gasteiger partial charge in [0.2, 0.25) is 5.91 Å². The van der Waals surface area contributed by atoms with Crippen LogP contribution in [0.15, 0.2) is 54.6 Å². The summed E-state index contributed by atoms with van der Waals surface area (Å²) in [5.41, 5.74) is 2.21. The number of esters is 1. The quantitative estimate of drug-likeness (QED) is 0.396. The van der Waals surface area contributed by atoms with Gasteiger partial charge in [-0.15, -0.1) is 11.3 Å². The number of anilines is 1. The van der Waals surface area contributed by atoms with Gasteiger partial charge in [0, 0.05) is 22.4 Å². The molecule has 0 saturated heterocycles. The fourth-order valence-electron chi connectivity index (χ4n) is 2.79. The van der Waals surface area contributed by atoms with Crippen LogP contribution in [0.1, 0.15) is 28.1 Å². The van der Waals surface area contributed by atoms with Gasteiger partial charge in [0.15, 0.2) is 17.5 Å². The number of aryl methyl sites for hydroxylation is 1. The van der Waals surface area contributed by atoms with E-state index in [9.17, 15) is 14.4 Å². The molecule has 7 nitrogen and oxygen atoms in total. The van der Waals surface area contributed by atoms with Crippen LogP contribution in [0, 0.1) is 6.92 Å². The summed E-state index contributed by atoms with van der Waals surface area (Å²) < 4.78 is 10.0. The molecule has 160 valence electrons. The second kappa shape index (κ2) is 10.5. The number of thiazole rings is 1. The largest absolute Gasteiger partial charge is 0.497 e. The maximum absolute atomic E-state index is 12.2. The molecule has 31 heavy (non-hydrogen) atoms. The van der Waals surface area contributed by atoms with Crippen molar-refractivity contribution in [3.63, 3.8) is 0 Å². The van der Waals surface area contributed by atoms with Crippen LogP contribution < -0.4 is 10.1 Å². The number of carbonyl (C=O) groups excluding carboxylic acids is 3. The molecule has 2 aromatic carbocycles. The smallest absolute Gasteiger partial charge is 0.306 e. The van der Waals surface area contributed by atoms with Crippen LogP contribution >= 0.6 is 11.3 Å². The fourth-order valence-corrected chi connectivity index (χ4v) is 3.64. The van der Waals surface area contributed by atoms with Gasteiger partial charge in [-0.1, -0.05) is 30.3 Å². The van der Waals surface area contributed by atoms with Crippen molar-refractivity contribution < 1.29 is 23.9 Å². The lowest BCUT2D eigenvalue weighted by atomic mass is 10.1. The van der Waals surface area contributed by atoms with E-state index in [-0.39, 0.29) is 31.1 Å². The minimum absolute atomic E-state index is 0.0607. The van der Waals surface area contributed by atoms with Crippen LogP contribution in [0.3, 0.4) is 0 Å². The highest BCUT2D eigenvalue weighted by Crippen LogP contribution is 2.30. The molecule has 3 rings (SSSR count). The zero-order valence-electron chi connectivity index (χ0n) is 17.2. The molecular formula is C23H22N2O5S. The fraction of sp³-hybridized carbons (Fsp3) is 0.217. The Kier molecular flexibility index (Phi) is 7.50. The van der Waals surface area contributed by atoms with Crippen LogP contribution in [0.4, 0.5) is 5.13 Å². The predicted octanol–water partition coefficient (Wildman–Crippen LogP) is 4.27. The first kappa shape index (κ1) is 22.2. The van der Waals surface area contributed by atoms with Crippen molar-refractivity contribution >= 4 is 34.1 Å². The lowest BCUT2D eigenvalue weighted by Crippen LogP contribution is -2.17. The van der Waals surface area contributed by atoms with Gasteiger partial charge in [-0.05, 0) is 31.2 Å². The first-order valence-corrected chi connectivity index (χ1v) is 10.4. The van der Waals surface area contributed by atoms with Gasteiger partial charge in [0.1, 0.15) is 5.75 Å². The summed E-state index contributed by atoms with van der Waals surface area (Å²) in [6.45, 7) is 1.56. The molecule has 0 aliphatic carbocycles. The summed E-state index contributed by atoms with van der Waals surface area (Å²) in [7, 11) is 1.53. The minimum Gasteiger partial charge on any atom is -0.497 e. The Morgan fingerprint density at radius 1 is 1.00 bits per heavy atom. The Morgan fingerprint density at radius 2 is 1.71 bits per heavy atom. The van der Waals surface area contributed by atoms with Crippen LogP contribution in [0.25, 0.3) is 11.3 Å². The molecule has 0 aliphatic rings. The highest BCUT2D eigenvalue weighted by atomic mass is 32.1. The molecule has 0 aliphatic heterocycles. The lowest BCUT2D eigenvalue weighted by Gasteiger charge is -2.05. The number of ether oxygens (including phenoxy) is 2. The molecule has 0 unspecified atom stereocenters. The van der Waals surface area contributed by atoms with E-state index >= 15 is 0 Å². The lowest BCUT2D eigenvalue weighted by molar-refractivity contribution is -0.143. The van der Waals surface area contributed by atoms with Crippen LogP contribution in [-0.2, 0) is 14.3 Å². The number of amides is 1. The molecule has 1 aromatic heterocycles. The predicted molar refractivity (Wildman–Crippen MR) is 118 cm³/mol. The number of methoxy groups -OCH3 is 1. The third kappa shape index (κ3) is 6.23. The van der Waals surface area contributed by atoms with Crippen molar-refractivity contribution in [2.45, 2.75) is 19.8 Å². The SMILES string of the molecule is COc1ccc(C(=O)COC(=O)CCC(=O)Nc2nc(-c3ccccc3)c(C)s2)cc1. The number of aromatic nitrogens is 1. The standard InChI is InChI=1S/C23H22N2O5S/c1-15-22(17-6-4-3-5-7-17)25-23(31-15)24-20(27)12-13-21(28)30-14-19(26)16-8-10-18(29-2)11-9-16/h3-11H,12-14H2,1-2H3,(H,24,25,27). The molecule has 1 heterocycles. The van der Waals surface area contributed by atoms with E-state index in [0.717, 1.165) is 16.1 Å². The number of nitrogens with zero attached hydrogens (tertiary/aromatic N) is 1. The van der Waals surface area contributed by atoms with Gasteiger partial charge in [-0.2, -0.15) is 0 Å². The van der Waals surface area contributed by atoms with Crippen molar-refractivity contribution in [2.24, 2.45) is 0 Å². The highest BCUT2D eigenvalue weighted by Gasteiger charge is 2.15. The molecular weight excluding hydrogens is 416 g/mol. The molecule has 0 saturated carbocycles. The number of ketones is 1. The second-order valence-electron chi connectivity index (χ2n) is 6.65. The summed E-state index contributed by atoms with van der Waals surface area (Å²) in [5, 5.41) is 3.19. The number of nitrogens with one attached hydrogen (secondary N) is 1. The Bertz CT molecular complexity index is 1060. The van der Waals surface area contributed by atoms with Crippen molar-refractivity contribution in [3.8, 4) is 17.0 Å². The molecule has 3 aromatic rings. The molecule has 1 amide bonds. The van der Waals surface area contributed by atoms with Crippen molar-refractivity contribution in [2.75, 3.05) is 19.0 Å². The van der Waals surface area contributed by atoms with E-state index in [2.05, 4.69) is 10.3 Å². The van der Waals surface area contributed by atoms with E-state index in [0.29, 0.717) is 16.4 Å². The molecule has 0 atom stereocenters. The van der Waals surface area contributed by atoms with Gasteiger partial charge in [0.05, 0.1) is 19.2 Å². The molecule has 0 spiro atoms. The molecule has 0 radical (unpaired) electrons. The Hall–Kier alpha value is -3.52. The number of hydrogen-bond donors (Lipinski definition) is 1. The third-order valence-electron chi connectivity index (χ3n) is 4.42. The summed E-state index contributed by atoms with van der Waals surface area (Å²) in [4.78, 5) is 41.6. The van der Waals surface area contributed by atoms with Crippen LogP contribution in [-0.4, -0.2) is 36.4 Å². The highest BCUT2D eigenvalue weighted by molar-refractivity contribution is 7.16. The molecule has 0 bridgehead atoms. The summed E-state index contributed by atoms with van der Waals surface area (Å²) in [6.07, 6.45) is -0.188. The van der Waals surface area contributed by atoms with Crippen LogP contribution in [0.5, 0.6) is 5.75 Å². The maximum atomic E-state index is 12.2. The van der Waals surface area contributed by atoms with E-state index in [1.54, 1.807) is 24.3 Å². The maximum Gasteiger partial charge on any atom is 0.306 e. The van der Waals surface area contributed by atoms with Crippen molar-refractivity contribution in [1.29, 1.82) is 0 Å². The Balaban J connectivity index is 1.44. The number of benzene rings is 2. The molecule has 0 fully saturated rings. The topological polar surface area (TPSA) is 94.6 Å². The van der Waals surface area contributed by atoms with Gasteiger partial charge >= 0.3 is 5.97 Å². The van der Waals surface area contributed by atoms with Gasteiger partial charge in [0.25, 0.3) is 0 Å². The number of rotatable bonds is 9. The Labute approximate surface area is 184 Å². The summed E-state index contributed by atoms with van der Waals surface area (Å²) in [6, 6.07) is 16.2. The number of Topliss-reactive ketones (excluding diaryl/α,β-unsaturated/α-hetero) is 1. The minimum atomic E-state index is -0.614. The molecule has 1 N–H and O–H groups in total. The first-order chi connectivity index (χ1) is 15.0. The average molecular weight is 439 g/mol. The average Bonchev–Trinajstić information content (AvgIpc) is 3.16. The van der Waals surface area contributed by atoms with E-state index in [1.165, 1.54) is 18.4 Å². The zero-order chi connectivity index (χ0) is 22.2. The number of hydrogen-bond acceptors (Lipinski definition) is 7. The molecule has 8 heteroatoms.